The summed E-state index contributed by atoms with van der Waals surface area (Å²) in [4.78, 5) is 26.5. The van der Waals surface area contributed by atoms with Crippen molar-refractivity contribution in [3.63, 3.8) is 0 Å². The second-order valence-electron chi connectivity index (χ2n) is 4.02. The Morgan fingerprint density at radius 2 is 1.88 bits per heavy atom. The summed E-state index contributed by atoms with van der Waals surface area (Å²) >= 11 is 0. The molecule has 0 aromatic carbocycles. The molecule has 0 spiro atoms. The Morgan fingerprint density at radius 3 is 2.44 bits per heavy atom. The molecule has 16 heavy (non-hydrogen) atoms. The van der Waals surface area contributed by atoms with Crippen LogP contribution < -0.4 is 5.73 Å². The number of piperazine rings is 1. The largest absolute Gasteiger partial charge is 0.332 e. The van der Waals surface area contributed by atoms with Gasteiger partial charge in [-0.3, -0.25) is 9.59 Å². The maximum Gasteiger partial charge on any atom is 0.242 e. The van der Waals surface area contributed by atoms with Crippen LogP contribution in [-0.4, -0.2) is 54.3 Å². The Kier molecular flexibility index (Phi) is 4.49. The zero-order chi connectivity index (χ0) is 12.1. The maximum absolute atomic E-state index is 11.7. The van der Waals surface area contributed by atoms with Crippen LogP contribution in [0.2, 0.25) is 0 Å². The van der Waals surface area contributed by atoms with Crippen molar-refractivity contribution in [1.29, 1.82) is 0 Å². The Hall–Kier alpha value is -1.36. The van der Waals surface area contributed by atoms with E-state index in [4.69, 9.17) is 5.73 Å². The van der Waals surface area contributed by atoms with E-state index >= 15 is 0 Å². The van der Waals surface area contributed by atoms with Gasteiger partial charge in [0.05, 0.1) is 6.54 Å². The Labute approximate surface area is 95.9 Å². The molecule has 0 atom stereocenters. The summed E-state index contributed by atoms with van der Waals surface area (Å²) in [6, 6.07) is 0. The topological polar surface area (TPSA) is 66.6 Å². The molecule has 1 fully saturated rings. The summed E-state index contributed by atoms with van der Waals surface area (Å²) in [6.45, 7) is 7.44. The number of hydrogen-bond donors (Lipinski definition) is 1. The van der Waals surface area contributed by atoms with Crippen LogP contribution in [0.15, 0.2) is 12.2 Å². The van der Waals surface area contributed by atoms with E-state index in [2.05, 4.69) is 6.58 Å². The highest BCUT2D eigenvalue weighted by molar-refractivity contribution is 5.92. The van der Waals surface area contributed by atoms with Crippen molar-refractivity contribution in [2.24, 2.45) is 5.73 Å². The van der Waals surface area contributed by atoms with Gasteiger partial charge in [0.25, 0.3) is 0 Å². The molecule has 0 radical (unpaired) electrons. The minimum absolute atomic E-state index is 0.00581. The third kappa shape index (κ3) is 3.06. The average Bonchev–Trinajstić information content (AvgIpc) is 2.25. The lowest BCUT2D eigenvalue weighted by molar-refractivity contribution is -0.149. The Morgan fingerprint density at radius 1 is 1.31 bits per heavy atom. The van der Waals surface area contributed by atoms with Crippen LogP contribution in [0.3, 0.4) is 0 Å². The molecule has 2 amide bonds. The van der Waals surface area contributed by atoms with E-state index in [0.717, 1.165) is 12.0 Å². The fourth-order valence-corrected chi connectivity index (χ4v) is 1.66. The van der Waals surface area contributed by atoms with Gasteiger partial charge in [-0.05, 0) is 12.0 Å². The molecule has 90 valence electrons. The zero-order valence-electron chi connectivity index (χ0n) is 9.74. The van der Waals surface area contributed by atoms with E-state index in [0.29, 0.717) is 19.6 Å². The van der Waals surface area contributed by atoms with Gasteiger partial charge >= 0.3 is 0 Å². The Balaban J connectivity index is 2.56. The molecule has 1 aliphatic heterocycles. The van der Waals surface area contributed by atoms with Gasteiger partial charge in [0, 0.05) is 19.6 Å². The van der Waals surface area contributed by atoms with Crippen LogP contribution >= 0.6 is 0 Å². The SMILES string of the molecule is C=C(CN)CN1CC(=O)N(CCC)CC1=O. The smallest absolute Gasteiger partial charge is 0.242 e. The summed E-state index contributed by atoms with van der Waals surface area (Å²) in [5, 5.41) is 0. The van der Waals surface area contributed by atoms with Crippen molar-refractivity contribution in [2.75, 3.05) is 32.7 Å². The molecule has 0 aromatic heterocycles. The van der Waals surface area contributed by atoms with Crippen LogP contribution in [0.5, 0.6) is 0 Å². The summed E-state index contributed by atoms with van der Waals surface area (Å²) in [7, 11) is 0. The van der Waals surface area contributed by atoms with Crippen molar-refractivity contribution in [3.05, 3.63) is 12.2 Å². The van der Waals surface area contributed by atoms with E-state index in [1.165, 1.54) is 4.90 Å². The second kappa shape index (κ2) is 5.65. The maximum atomic E-state index is 11.7. The van der Waals surface area contributed by atoms with Crippen LogP contribution in [0.1, 0.15) is 13.3 Å². The first kappa shape index (κ1) is 12.7. The number of hydrogen-bond acceptors (Lipinski definition) is 3. The first-order chi connectivity index (χ1) is 7.58. The molecular weight excluding hydrogens is 206 g/mol. The van der Waals surface area contributed by atoms with E-state index in [1.54, 1.807) is 4.90 Å². The van der Waals surface area contributed by atoms with Gasteiger partial charge in [0.1, 0.15) is 6.54 Å². The lowest BCUT2D eigenvalue weighted by Gasteiger charge is -2.34. The predicted octanol–water partition coefficient (Wildman–Crippen LogP) is -0.418. The summed E-state index contributed by atoms with van der Waals surface area (Å²) in [5.41, 5.74) is 6.18. The van der Waals surface area contributed by atoms with Crippen molar-refractivity contribution in [1.82, 2.24) is 9.80 Å². The molecule has 1 aliphatic rings. The number of carbonyl (C=O) groups excluding carboxylic acids is 2. The van der Waals surface area contributed by atoms with E-state index < -0.39 is 0 Å². The highest BCUT2D eigenvalue weighted by Gasteiger charge is 2.28. The van der Waals surface area contributed by atoms with Gasteiger partial charge in [-0.1, -0.05) is 13.5 Å². The Bertz CT molecular complexity index is 302. The molecular formula is C11H19N3O2. The zero-order valence-corrected chi connectivity index (χ0v) is 9.74. The summed E-state index contributed by atoms with van der Waals surface area (Å²) < 4.78 is 0. The predicted molar refractivity (Wildman–Crippen MR) is 61.6 cm³/mol. The molecule has 2 N–H and O–H groups in total. The minimum atomic E-state index is -0.0253. The van der Waals surface area contributed by atoms with E-state index in [9.17, 15) is 9.59 Å². The lowest BCUT2D eigenvalue weighted by atomic mass is 10.2. The normalized spacial score (nSPS) is 16.9. The second-order valence-corrected chi connectivity index (χ2v) is 4.02. The van der Waals surface area contributed by atoms with E-state index in [1.807, 2.05) is 6.92 Å². The van der Waals surface area contributed by atoms with Crippen LogP contribution in [0.4, 0.5) is 0 Å². The molecule has 1 heterocycles. The molecule has 0 bridgehead atoms. The van der Waals surface area contributed by atoms with Crippen LogP contribution in [-0.2, 0) is 9.59 Å². The molecule has 0 aliphatic carbocycles. The quantitative estimate of drug-likeness (QED) is 0.646. The van der Waals surface area contributed by atoms with Crippen molar-refractivity contribution in [3.8, 4) is 0 Å². The standard InChI is InChI=1S/C11H19N3O2/c1-3-4-13-7-11(16)14(8-10(13)15)6-9(2)5-12/h2-8,12H2,1H3. The molecule has 1 saturated heterocycles. The number of nitrogens with zero attached hydrogens (tertiary/aromatic N) is 2. The molecule has 0 aromatic rings. The van der Waals surface area contributed by atoms with Gasteiger partial charge in [-0.15, -0.1) is 0 Å². The highest BCUT2D eigenvalue weighted by Crippen LogP contribution is 2.07. The van der Waals surface area contributed by atoms with Gasteiger partial charge in [0.15, 0.2) is 0 Å². The van der Waals surface area contributed by atoms with Gasteiger partial charge < -0.3 is 15.5 Å². The summed E-state index contributed by atoms with van der Waals surface area (Å²) in [5.74, 6) is -0.0195. The molecule has 0 unspecified atom stereocenters. The monoisotopic (exact) mass is 225 g/mol. The van der Waals surface area contributed by atoms with Gasteiger partial charge in [-0.25, -0.2) is 0 Å². The number of nitrogens with two attached hydrogens (primary N) is 1. The molecule has 5 nitrogen and oxygen atoms in total. The first-order valence-electron chi connectivity index (χ1n) is 5.50. The van der Waals surface area contributed by atoms with E-state index in [-0.39, 0.29) is 24.9 Å². The first-order valence-corrected chi connectivity index (χ1v) is 5.50. The van der Waals surface area contributed by atoms with Crippen LogP contribution in [0.25, 0.3) is 0 Å². The lowest BCUT2D eigenvalue weighted by Crippen LogP contribution is -2.54. The van der Waals surface area contributed by atoms with Crippen molar-refractivity contribution < 1.29 is 9.59 Å². The molecule has 1 rings (SSSR count). The summed E-state index contributed by atoms with van der Waals surface area (Å²) in [6.07, 6.45) is 0.870. The third-order valence-corrected chi connectivity index (χ3v) is 2.55. The van der Waals surface area contributed by atoms with Crippen molar-refractivity contribution in [2.45, 2.75) is 13.3 Å². The average molecular weight is 225 g/mol. The van der Waals surface area contributed by atoms with Crippen LogP contribution in [0, 0.1) is 0 Å². The molecule has 0 saturated carbocycles. The number of carbonyl (C=O) groups is 2. The fraction of sp³-hybridized carbons (Fsp3) is 0.636. The third-order valence-electron chi connectivity index (χ3n) is 2.55. The number of amides is 2. The van der Waals surface area contributed by atoms with Gasteiger partial charge in [0.2, 0.25) is 11.8 Å². The minimum Gasteiger partial charge on any atom is -0.332 e. The highest BCUT2D eigenvalue weighted by atomic mass is 16.2. The molecule has 5 heteroatoms. The van der Waals surface area contributed by atoms with Gasteiger partial charge in [-0.2, -0.15) is 0 Å². The fourth-order valence-electron chi connectivity index (χ4n) is 1.66. The van der Waals surface area contributed by atoms with Crippen molar-refractivity contribution >= 4 is 11.8 Å². The number of rotatable bonds is 5.